The Kier molecular flexibility index (Phi) is 5.44. The van der Waals surface area contributed by atoms with Crippen molar-refractivity contribution in [1.82, 2.24) is 10.2 Å². The third-order valence-corrected chi connectivity index (χ3v) is 3.45. The van der Waals surface area contributed by atoms with Crippen molar-refractivity contribution >= 4 is 12.0 Å². The van der Waals surface area contributed by atoms with E-state index in [-0.39, 0.29) is 11.9 Å². The van der Waals surface area contributed by atoms with Gasteiger partial charge in [0.1, 0.15) is 6.04 Å². The highest BCUT2D eigenvalue weighted by Gasteiger charge is 2.39. The van der Waals surface area contributed by atoms with Crippen molar-refractivity contribution in [2.75, 3.05) is 13.1 Å². The largest absolute Gasteiger partial charge is 0.480 e. The van der Waals surface area contributed by atoms with Crippen molar-refractivity contribution in [2.24, 2.45) is 11.8 Å². The van der Waals surface area contributed by atoms with E-state index in [4.69, 9.17) is 5.11 Å². The number of urea groups is 1. The van der Waals surface area contributed by atoms with Gasteiger partial charge in [-0.15, -0.1) is 0 Å². The number of amides is 2. The van der Waals surface area contributed by atoms with E-state index in [0.29, 0.717) is 19.0 Å². The molecule has 2 atom stereocenters. The van der Waals surface area contributed by atoms with Gasteiger partial charge in [-0.1, -0.05) is 20.8 Å². The number of likely N-dealkylation sites (tertiary alicyclic amines) is 1. The molecule has 1 saturated heterocycles. The monoisotopic (exact) mass is 256 g/mol. The molecule has 1 fully saturated rings. The summed E-state index contributed by atoms with van der Waals surface area (Å²) >= 11 is 0. The maximum absolute atomic E-state index is 11.9. The summed E-state index contributed by atoms with van der Waals surface area (Å²) in [6.45, 7) is 7.32. The fraction of sp³-hybridized carbons (Fsp3) is 0.846. The van der Waals surface area contributed by atoms with Crippen LogP contribution in [0.3, 0.4) is 0 Å². The Morgan fingerprint density at radius 2 is 2.11 bits per heavy atom. The van der Waals surface area contributed by atoms with E-state index in [9.17, 15) is 9.59 Å². The fourth-order valence-corrected chi connectivity index (χ4v) is 2.36. The molecule has 2 unspecified atom stereocenters. The van der Waals surface area contributed by atoms with E-state index in [0.717, 1.165) is 19.3 Å². The van der Waals surface area contributed by atoms with Gasteiger partial charge >= 0.3 is 12.0 Å². The molecule has 5 heteroatoms. The van der Waals surface area contributed by atoms with E-state index in [1.165, 1.54) is 4.90 Å². The number of nitrogens with one attached hydrogen (secondary N) is 1. The maximum Gasteiger partial charge on any atom is 0.326 e. The Bertz CT molecular complexity index is 305. The van der Waals surface area contributed by atoms with E-state index in [2.05, 4.69) is 19.2 Å². The van der Waals surface area contributed by atoms with Crippen molar-refractivity contribution in [3.63, 3.8) is 0 Å². The zero-order valence-electron chi connectivity index (χ0n) is 11.5. The highest BCUT2D eigenvalue weighted by atomic mass is 16.4. The molecule has 2 N–H and O–H groups in total. The third kappa shape index (κ3) is 3.89. The van der Waals surface area contributed by atoms with Crippen LogP contribution in [0.5, 0.6) is 0 Å². The molecule has 18 heavy (non-hydrogen) atoms. The van der Waals surface area contributed by atoms with Gasteiger partial charge in [-0.25, -0.2) is 9.59 Å². The lowest BCUT2D eigenvalue weighted by atomic mass is 10.0. The van der Waals surface area contributed by atoms with Gasteiger partial charge in [0.05, 0.1) is 0 Å². The summed E-state index contributed by atoms with van der Waals surface area (Å²) in [7, 11) is 0. The zero-order valence-corrected chi connectivity index (χ0v) is 11.5. The number of carboxylic acids is 1. The summed E-state index contributed by atoms with van der Waals surface area (Å²) in [4.78, 5) is 24.5. The number of aliphatic carboxylic acids is 1. The summed E-state index contributed by atoms with van der Waals surface area (Å²) in [6.07, 6.45) is 2.76. The van der Waals surface area contributed by atoms with E-state index < -0.39 is 12.0 Å². The number of carboxylic acid groups (broad SMARTS) is 1. The summed E-state index contributed by atoms with van der Waals surface area (Å²) in [6, 6.07) is -0.911. The molecule has 2 amide bonds. The van der Waals surface area contributed by atoms with Crippen molar-refractivity contribution in [1.29, 1.82) is 0 Å². The zero-order chi connectivity index (χ0) is 13.7. The SMILES string of the molecule is CC(C)CCCNC(=O)N1CCC(C)C1C(=O)O. The van der Waals surface area contributed by atoms with E-state index in [1.807, 2.05) is 6.92 Å². The average Bonchev–Trinajstić information content (AvgIpc) is 2.66. The lowest BCUT2D eigenvalue weighted by molar-refractivity contribution is -0.142. The number of hydrogen-bond donors (Lipinski definition) is 2. The van der Waals surface area contributed by atoms with Crippen LogP contribution in [0.15, 0.2) is 0 Å². The van der Waals surface area contributed by atoms with Crippen LogP contribution in [0.4, 0.5) is 4.79 Å². The van der Waals surface area contributed by atoms with Gasteiger partial charge in [-0.2, -0.15) is 0 Å². The molecule has 1 aliphatic rings. The topological polar surface area (TPSA) is 69.6 Å². The van der Waals surface area contributed by atoms with Crippen molar-refractivity contribution < 1.29 is 14.7 Å². The Morgan fingerprint density at radius 3 is 2.67 bits per heavy atom. The van der Waals surface area contributed by atoms with Crippen molar-refractivity contribution in [2.45, 2.75) is 46.1 Å². The summed E-state index contributed by atoms with van der Waals surface area (Å²) < 4.78 is 0. The van der Waals surface area contributed by atoms with Gasteiger partial charge in [0.25, 0.3) is 0 Å². The highest BCUT2D eigenvalue weighted by Crippen LogP contribution is 2.23. The first-order chi connectivity index (χ1) is 8.43. The van der Waals surface area contributed by atoms with E-state index in [1.54, 1.807) is 0 Å². The molecule has 104 valence electrons. The Morgan fingerprint density at radius 1 is 1.44 bits per heavy atom. The first-order valence-electron chi connectivity index (χ1n) is 6.70. The van der Waals surface area contributed by atoms with Crippen LogP contribution >= 0.6 is 0 Å². The van der Waals surface area contributed by atoms with Crippen LogP contribution in [0.1, 0.15) is 40.0 Å². The third-order valence-electron chi connectivity index (χ3n) is 3.45. The summed E-state index contributed by atoms with van der Waals surface area (Å²) in [5.41, 5.74) is 0. The number of hydrogen-bond acceptors (Lipinski definition) is 2. The summed E-state index contributed by atoms with van der Waals surface area (Å²) in [5, 5.41) is 11.9. The molecule has 0 radical (unpaired) electrons. The number of nitrogens with zero attached hydrogens (tertiary/aromatic N) is 1. The molecule has 0 bridgehead atoms. The molecule has 1 heterocycles. The lowest BCUT2D eigenvalue weighted by Crippen LogP contribution is -2.47. The van der Waals surface area contributed by atoms with Gasteiger partial charge in [0.15, 0.2) is 0 Å². The van der Waals surface area contributed by atoms with Gasteiger partial charge in [-0.3, -0.25) is 0 Å². The molecule has 0 aliphatic carbocycles. The minimum atomic E-state index is -0.905. The van der Waals surface area contributed by atoms with Crippen LogP contribution in [-0.4, -0.2) is 41.1 Å². The maximum atomic E-state index is 11.9. The highest BCUT2D eigenvalue weighted by molar-refractivity contribution is 5.83. The minimum absolute atomic E-state index is 0.0314. The predicted octanol–water partition coefficient (Wildman–Crippen LogP) is 1.93. The Balaban J connectivity index is 2.39. The van der Waals surface area contributed by atoms with E-state index >= 15 is 0 Å². The van der Waals surface area contributed by atoms with Crippen LogP contribution in [0.2, 0.25) is 0 Å². The molecular weight excluding hydrogens is 232 g/mol. The van der Waals surface area contributed by atoms with Crippen molar-refractivity contribution in [3.05, 3.63) is 0 Å². The lowest BCUT2D eigenvalue weighted by Gasteiger charge is -2.23. The second-order valence-corrected chi connectivity index (χ2v) is 5.51. The van der Waals surface area contributed by atoms with Crippen molar-refractivity contribution in [3.8, 4) is 0 Å². The van der Waals surface area contributed by atoms with Crippen LogP contribution in [0.25, 0.3) is 0 Å². The molecule has 0 spiro atoms. The first kappa shape index (κ1) is 14.8. The van der Waals surface area contributed by atoms with Gasteiger partial charge in [0.2, 0.25) is 0 Å². The molecule has 1 aliphatic heterocycles. The fourth-order valence-electron chi connectivity index (χ4n) is 2.36. The van der Waals surface area contributed by atoms with Crippen LogP contribution < -0.4 is 5.32 Å². The second kappa shape index (κ2) is 6.61. The second-order valence-electron chi connectivity index (χ2n) is 5.51. The quantitative estimate of drug-likeness (QED) is 0.738. The Labute approximate surface area is 109 Å². The molecule has 0 aromatic rings. The average molecular weight is 256 g/mol. The number of carbonyl (C=O) groups excluding carboxylic acids is 1. The molecule has 1 rings (SSSR count). The molecular formula is C13H24N2O3. The van der Waals surface area contributed by atoms with Crippen LogP contribution in [0, 0.1) is 11.8 Å². The summed E-state index contributed by atoms with van der Waals surface area (Å²) in [5.74, 6) is -0.248. The standard InChI is InChI=1S/C13H24N2O3/c1-9(2)5-4-7-14-13(18)15-8-6-10(3)11(15)12(16)17/h9-11H,4-8H2,1-3H3,(H,14,18)(H,16,17). The first-order valence-corrected chi connectivity index (χ1v) is 6.70. The minimum Gasteiger partial charge on any atom is -0.480 e. The predicted molar refractivity (Wildman–Crippen MR) is 69.4 cm³/mol. The molecule has 5 nitrogen and oxygen atoms in total. The van der Waals surface area contributed by atoms with Gasteiger partial charge in [0, 0.05) is 13.1 Å². The van der Waals surface area contributed by atoms with Crippen LogP contribution in [-0.2, 0) is 4.79 Å². The smallest absolute Gasteiger partial charge is 0.326 e. The molecule has 0 aromatic heterocycles. The molecule has 0 saturated carbocycles. The Hall–Kier alpha value is -1.26. The number of carbonyl (C=O) groups is 2. The van der Waals surface area contributed by atoms with Gasteiger partial charge in [-0.05, 0) is 31.1 Å². The van der Waals surface area contributed by atoms with Gasteiger partial charge < -0.3 is 15.3 Å². The normalized spacial score (nSPS) is 23.4. The number of rotatable bonds is 5. The molecule has 0 aromatic carbocycles.